The van der Waals surface area contributed by atoms with Crippen molar-refractivity contribution in [2.24, 2.45) is 0 Å². The lowest BCUT2D eigenvalue weighted by Gasteiger charge is -2.32. The smallest absolute Gasteiger partial charge is 0.339 e. The van der Waals surface area contributed by atoms with Crippen molar-refractivity contribution in [2.75, 3.05) is 14.2 Å². The van der Waals surface area contributed by atoms with Crippen molar-refractivity contribution >= 4 is 27.8 Å². The number of hydrogen-bond donors (Lipinski definition) is 1. The molecular weight excluding hydrogens is 416 g/mol. The van der Waals surface area contributed by atoms with E-state index < -0.39 is 23.5 Å². The van der Waals surface area contributed by atoms with Crippen molar-refractivity contribution in [2.45, 2.75) is 50.7 Å². The standard InChI is InChI=1S/C19H23BrN2O5/c1-12(17(23)22-19(11-21)7-5-4-6-8-19)27-18(24)13-9-14(25-2)16(20)15(10-13)26-3/h9-10,12H,4-8H2,1-3H3,(H,22,23). The third kappa shape index (κ3) is 4.92. The number of hydrogen-bond acceptors (Lipinski definition) is 6. The van der Waals surface area contributed by atoms with Crippen molar-refractivity contribution < 1.29 is 23.8 Å². The lowest BCUT2D eigenvalue weighted by atomic mass is 9.83. The fourth-order valence-electron chi connectivity index (χ4n) is 3.03. The van der Waals surface area contributed by atoms with E-state index in [9.17, 15) is 14.9 Å². The van der Waals surface area contributed by atoms with Gasteiger partial charge in [-0.3, -0.25) is 4.79 Å². The second-order valence-corrected chi connectivity index (χ2v) is 7.28. The zero-order valence-electron chi connectivity index (χ0n) is 15.6. The van der Waals surface area contributed by atoms with Crippen molar-refractivity contribution in [3.63, 3.8) is 0 Å². The number of esters is 1. The van der Waals surface area contributed by atoms with Crippen LogP contribution in [0, 0.1) is 11.3 Å². The lowest BCUT2D eigenvalue weighted by Crippen LogP contribution is -2.52. The summed E-state index contributed by atoms with van der Waals surface area (Å²) >= 11 is 3.33. The number of nitrogens with zero attached hydrogens (tertiary/aromatic N) is 1. The molecular formula is C19H23BrN2O5. The molecule has 27 heavy (non-hydrogen) atoms. The highest BCUT2D eigenvalue weighted by molar-refractivity contribution is 9.10. The highest BCUT2D eigenvalue weighted by atomic mass is 79.9. The molecule has 0 spiro atoms. The van der Waals surface area contributed by atoms with Crippen molar-refractivity contribution in [3.05, 3.63) is 22.2 Å². The average molecular weight is 439 g/mol. The second-order valence-electron chi connectivity index (χ2n) is 6.49. The number of carbonyl (C=O) groups is 2. The maximum Gasteiger partial charge on any atom is 0.339 e. The van der Waals surface area contributed by atoms with Crippen LogP contribution in [0.15, 0.2) is 16.6 Å². The second kappa shape index (κ2) is 9.09. The summed E-state index contributed by atoms with van der Waals surface area (Å²) in [4.78, 5) is 24.9. The van der Waals surface area contributed by atoms with Crippen LogP contribution in [0.1, 0.15) is 49.4 Å². The average Bonchev–Trinajstić information content (AvgIpc) is 2.68. The minimum Gasteiger partial charge on any atom is -0.495 e. The van der Waals surface area contributed by atoms with Crippen molar-refractivity contribution in [3.8, 4) is 17.6 Å². The number of halogens is 1. The highest BCUT2D eigenvalue weighted by Crippen LogP contribution is 2.36. The number of benzene rings is 1. The first-order valence-electron chi connectivity index (χ1n) is 8.71. The molecule has 0 aromatic heterocycles. The van der Waals surface area contributed by atoms with Crippen LogP contribution in [-0.2, 0) is 9.53 Å². The SMILES string of the molecule is COc1cc(C(=O)OC(C)C(=O)NC2(C#N)CCCCC2)cc(OC)c1Br. The summed E-state index contributed by atoms with van der Waals surface area (Å²) in [5.41, 5.74) is -0.681. The zero-order valence-corrected chi connectivity index (χ0v) is 17.2. The number of amides is 1. The summed E-state index contributed by atoms with van der Waals surface area (Å²) < 4.78 is 16.3. The molecule has 1 atom stereocenters. The molecule has 1 unspecified atom stereocenters. The largest absolute Gasteiger partial charge is 0.495 e. The van der Waals surface area contributed by atoms with Crippen LogP contribution in [0.3, 0.4) is 0 Å². The maximum atomic E-state index is 12.5. The molecule has 0 aliphatic heterocycles. The third-order valence-corrected chi connectivity index (χ3v) is 5.40. The monoisotopic (exact) mass is 438 g/mol. The Hall–Kier alpha value is -2.27. The Kier molecular flexibility index (Phi) is 7.08. The van der Waals surface area contributed by atoms with E-state index in [1.54, 1.807) is 0 Å². The van der Waals surface area contributed by atoms with Crippen LogP contribution in [-0.4, -0.2) is 37.7 Å². The first kappa shape index (κ1) is 21.0. The highest BCUT2D eigenvalue weighted by Gasteiger charge is 2.35. The zero-order chi connectivity index (χ0) is 20.0. The topological polar surface area (TPSA) is 97.6 Å². The van der Waals surface area contributed by atoms with Gasteiger partial charge in [-0.05, 0) is 47.8 Å². The van der Waals surface area contributed by atoms with Crippen molar-refractivity contribution in [1.82, 2.24) is 5.32 Å². The number of nitriles is 1. The molecule has 0 heterocycles. The van der Waals surface area contributed by atoms with Gasteiger partial charge in [0.05, 0.1) is 25.9 Å². The Balaban J connectivity index is 2.08. The minimum absolute atomic E-state index is 0.194. The predicted molar refractivity (Wildman–Crippen MR) is 102 cm³/mol. The molecule has 1 N–H and O–H groups in total. The first-order valence-corrected chi connectivity index (χ1v) is 9.51. The van der Waals surface area contributed by atoms with Gasteiger partial charge in [-0.15, -0.1) is 0 Å². The van der Waals surface area contributed by atoms with Gasteiger partial charge in [0, 0.05) is 0 Å². The Bertz CT molecular complexity index is 728. The van der Waals surface area contributed by atoms with Gasteiger partial charge in [0.1, 0.15) is 21.5 Å². The molecule has 0 bridgehead atoms. The molecule has 0 radical (unpaired) electrons. The Labute approximate surface area is 167 Å². The van der Waals surface area contributed by atoms with Gasteiger partial charge in [0.25, 0.3) is 5.91 Å². The molecule has 146 valence electrons. The van der Waals surface area contributed by atoms with Crippen LogP contribution in [0.5, 0.6) is 11.5 Å². The molecule has 1 saturated carbocycles. The normalized spacial score (nSPS) is 16.6. The van der Waals surface area contributed by atoms with E-state index in [2.05, 4.69) is 27.3 Å². The van der Waals surface area contributed by atoms with E-state index in [1.165, 1.54) is 33.3 Å². The summed E-state index contributed by atoms with van der Waals surface area (Å²) in [5.74, 6) is -0.354. The van der Waals surface area contributed by atoms with Gasteiger partial charge in [-0.1, -0.05) is 19.3 Å². The Morgan fingerprint density at radius 2 is 1.74 bits per heavy atom. The van der Waals surface area contributed by atoms with Gasteiger partial charge >= 0.3 is 5.97 Å². The van der Waals surface area contributed by atoms with Crippen LogP contribution >= 0.6 is 15.9 Å². The Morgan fingerprint density at radius 1 is 1.19 bits per heavy atom. The number of ether oxygens (including phenoxy) is 3. The molecule has 0 saturated heterocycles. The third-order valence-electron chi connectivity index (χ3n) is 4.62. The fraction of sp³-hybridized carbons (Fsp3) is 0.526. The summed E-state index contributed by atoms with van der Waals surface area (Å²) in [5, 5.41) is 12.2. The summed E-state index contributed by atoms with van der Waals surface area (Å²) in [7, 11) is 2.94. The van der Waals surface area contributed by atoms with Crippen molar-refractivity contribution in [1.29, 1.82) is 5.26 Å². The number of nitrogens with one attached hydrogen (secondary N) is 1. The Morgan fingerprint density at radius 3 is 2.22 bits per heavy atom. The summed E-state index contributed by atoms with van der Waals surface area (Å²) in [6.45, 7) is 1.48. The molecule has 1 aliphatic carbocycles. The van der Waals surface area contributed by atoms with Crippen LogP contribution in [0.25, 0.3) is 0 Å². The van der Waals surface area contributed by atoms with Gasteiger partial charge in [0.15, 0.2) is 6.10 Å². The van der Waals surface area contributed by atoms with Crippen LogP contribution in [0.4, 0.5) is 0 Å². The molecule has 1 aromatic rings. The van der Waals surface area contributed by atoms with E-state index in [4.69, 9.17) is 14.2 Å². The van der Waals surface area contributed by atoms with E-state index in [0.717, 1.165) is 19.3 Å². The van der Waals surface area contributed by atoms with E-state index in [-0.39, 0.29) is 5.56 Å². The number of rotatable bonds is 6. The minimum atomic E-state index is -1.04. The summed E-state index contributed by atoms with van der Waals surface area (Å²) in [6, 6.07) is 5.21. The van der Waals surface area contributed by atoms with E-state index in [1.807, 2.05) is 0 Å². The maximum absolute atomic E-state index is 12.5. The van der Waals surface area contributed by atoms with Gasteiger partial charge < -0.3 is 19.5 Å². The van der Waals surface area contributed by atoms with Crippen LogP contribution in [0.2, 0.25) is 0 Å². The molecule has 1 fully saturated rings. The molecule has 2 rings (SSSR count). The molecule has 8 heteroatoms. The lowest BCUT2D eigenvalue weighted by molar-refractivity contribution is -0.130. The molecule has 1 aromatic carbocycles. The molecule has 1 aliphatic rings. The number of methoxy groups -OCH3 is 2. The van der Waals surface area contributed by atoms with Gasteiger partial charge in [-0.2, -0.15) is 5.26 Å². The quantitative estimate of drug-likeness (QED) is 0.683. The van der Waals surface area contributed by atoms with Gasteiger partial charge in [-0.25, -0.2) is 4.79 Å². The fourth-order valence-corrected chi connectivity index (χ4v) is 3.58. The predicted octanol–water partition coefficient (Wildman–Crippen LogP) is 3.35. The summed E-state index contributed by atoms with van der Waals surface area (Å²) in [6.07, 6.45) is 3.01. The molecule has 1 amide bonds. The van der Waals surface area contributed by atoms with E-state index in [0.29, 0.717) is 28.8 Å². The van der Waals surface area contributed by atoms with Gasteiger partial charge in [0.2, 0.25) is 0 Å². The molecule has 7 nitrogen and oxygen atoms in total. The first-order chi connectivity index (χ1) is 12.9. The van der Waals surface area contributed by atoms with Crippen LogP contribution < -0.4 is 14.8 Å². The van der Waals surface area contributed by atoms with E-state index >= 15 is 0 Å². The number of carbonyl (C=O) groups excluding carboxylic acids is 2.